The molecule has 0 radical (unpaired) electrons. The van der Waals surface area contributed by atoms with E-state index in [1.165, 1.54) is 0 Å². The van der Waals surface area contributed by atoms with Crippen molar-refractivity contribution in [3.05, 3.63) is 78.4 Å². The van der Waals surface area contributed by atoms with Gasteiger partial charge < -0.3 is 9.73 Å². The van der Waals surface area contributed by atoms with Crippen molar-refractivity contribution in [1.82, 2.24) is 9.97 Å². The summed E-state index contributed by atoms with van der Waals surface area (Å²) >= 11 is 0. The Kier molecular flexibility index (Phi) is 4.66. The molecule has 0 saturated carbocycles. The first-order chi connectivity index (χ1) is 13.2. The maximum atomic E-state index is 12.4. The van der Waals surface area contributed by atoms with Crippen LogP contribution in [0.2, 0.25) is 0 Å². The highest BCUT2D eigenvalue weighted by Gasteiger charge is 2.11. The number of carbonyl (C=O) groups excluding carboxylic acids is 1. The Bertz CT molecular complexity index is 1090. The van der Waals surface area contributed by atoms with Gasteiger partial charge in [0, 0.05) is 30.0 Å². The van der Waals surface area contributed by atoms with E-state index in [4.69, 9.17) is 4.42 Å². The topological polar surface area (TPSA) is 68.0 Å². The van der Waals surface area contributed by atoms with E-state index in [0.717, 1.165) is 27.7 Å². The minimum absolute atomic E-state index is 0.0801. The number of nitrogens with zero attached hydrogens (tertiary/aromatic N) is 2. The van der Waals surface area contributed by atoms with Gasteiger partial charge >= 0.3 is 0 Å². The van der Waals surface area contributed by atoms with Crippen molar-refractivity contribution in [3.8, 4) is 11.3 Å². The lowest BCUT2D eigenvalue weighted by Crippen LogP contribution is -2.12. The minimum Gasteiger partial charge on any atom is -0.441 e. The third-order valence-electron chi connectivity index (χ3n) is 4.42. The highest BCUT2D eigenvalue weighted by atomic mass is 16.4. The summed E-state index contributed by atoms with van der Waals surface area (Å²) in [7, 11) is 0. The molecule has 134 valence electrons. The Morgan fingerprint density at radius 2 is 1.89 bits per heavy atom. The van der Waals surface area contributed by atoms with Crippen molar-refractivity contribution in [1.29, 1.82) is 0 Å². The smallest absolute Gasteiger partial charge is 0.224 e. The average molecular weight is 357 g/mol. The number of hydrogen-bond donors (Lipinski definition) is 1. The predicted octanol–water partition coefficient (Wildman–Crippen LogP) is 4.77. The molecule has 27 heavy (non-hydrogen) atoms. The molecule has 0 spiro atoms. The molecular formula is C22H19N3O2. The molecule has 0 unspecified atom stereocenters. The molecule has 4 aromatic rings. The number of oxazole rings is 1. The Morgan fingerprint density at radius 3 is 2.74 bits per heavy atom. The molecule has 2 aromatic carbocycles. The molecular weight excluding hydrogens is 338 g/mol. The number of rotatable bonds is 5. The molecule has 1 N–H and O–H groups in total. The first-order valence-electron chi connectivity index (χ1n) is 8.85. The first-order valence-corrected chi connectivity index (χ1v) is 8.85. The molecule has 5 heteroatoms. The second-order valence-electron chi connectivity index (χ2n) is 6.36. The number of aromatic nitrogens is 2. The fraction of sp³-hybridized carbons (Fsp3) is 0.136. The fourth-order valence-electron chi connectivity index (χ4n) is 3.02. The van der Waals surface area contributed by atoms with Crippen LogP contribution in [0.25, 0.3) is 22.2 Å². The number of nitrogens with one attached hydrogen (secondary N) is 1. The lowest BCUT2D eigenvalue weighted by molar-refractivity contribution is -0.116. The Labute approximate surface area is 157 Å². The Morgan fingerprint density at radius 1 is 1.04 bits per heavy atom. The number of pyridine rings is 1. The zero-order valence-corrected chi connectivity index (χ0v) is 15.0. The number of hydrogen-bond acceptors (Lipinski definition) is 4. The van der Waals surface area contributed by atoms with Crippen LogP contribution in [-0.4, -0.2) is 15.9 Å². The normalized spacial score (nSPS) is 10.9. The van der Waals surface area contributed by atoms with Crippen molar-refractivity contribution in [2.24, 2.45) is 0 Å². The zero-order chi connectivity index (χ0) is 18.6. The highest BCUT2D eigenvalue weighted by molar-refractivity contribution is 6.01. The van der Waals surface area contributed by atoms with Crippen LogP contribution in [0, 0.1) is 6.92 Å². The second-order valence-corrected chi connectivity index (χ2v) is 6.36. The number of aryl methyl sites for hydroxylation is 2. The summed E-state index contributed by atoms with van der Waals surface area (Å²) < 4.78 is 5.76. The molecule has 2 aromatic heterocycles. The third kappa shape index (κ3) is 3.72. The van der Waals surface area contributed by atoms with Gasteiger partial charge in [0.05, 0.1) is 17.4 Å². The van der Waals surface area contributed by atoms with Crippen molar-refractivity contribution >= 4 is 22.5 Å². The van der Waals surface area contributed by atoms with E-state index in [9.17, 15) is 4.79 Å². The summed E-state index contributed by atoms with van der Waals surface area (Å²) in [5.41, 5.74) is 3.72. The van der Waals surface area contributed by atoms with Gasteiger partial charge in [-0.25, -0.2) is 4.98 Å². The number of amides is 1. The van der Waals surface area contributed by atoms with E-state index in [0.29, 0.717) is 24.5 Å². The van der Waals surface area contributed by atoms with Crippen molar-refractivity contribution in [2.75, 3.05) is 5.32 Å². The van der Waals surface area contributed by atoms with E-state index in [2.05, 4.69) is 15.3 Å². The molecule has 0 fully saturated rings. The van der Waals surface area contributed by atoms with Gasteiger partial charge in [-0.05, 0) is 30.7 Å². The largest absolute Gasteiger partial charge is 0.441 e. The van der Waals surface area contributed by atoms with Gasteiger partial charge in [0.2, 0.25) is 5.91 Å². The lowest BCUT2D eigenvalue weighted by Gasteiger charge is -2.09. The van der Waals surface area contributed by atoms with Crippen LogP contribution in [0.5, 0.6) is 0 Å². The van der Waals surface area contributed by atoms with Crippen molar-refractivity contribution in [2.45, 2.75) is 19.8 Å². The first kappa shape index (κ1) is 17.0. The van der Waals surface area contributed by atoms with Gasteiger partial charge in [0.15, 0.2) is 11.7 Å². The van der Waals surface area contributed by atoms with Crippen LogP contribution < -0.4 is 5.32 Å². The number of fused-ring (bicyclic) bond motifs is 1. The Balaban J connectivity index is 1.42. The lowest BCUT2D eigenvalue weighted by atomic mass is 10.1. The highest BCUT2D eigenvalue weighted by Crippen LogP contribution is 2.25. The molecule has 0 atom stereocenters. The van der Waals surface area contributed by atoms with Gasteiger partial charge in [-0.3, -0.25) is 9.78 Å². The quantitative estimate of drug-likeness (QED) is 0.559. The summed E-state index contributed by atoms with van der Waals surface area (Å²) in [6.45, 7) is 2.01. The summed E-state index contributed by atoms with van der Waals surface area (Å²) in [6, 6.07) is 17.5. The van der Waals surface area contributed by atoms with Crippen molar-refractivity contribution in [3.63, 3.8) is 0 Å². The van der Waals surface area contributed by atoms with Gasteiger partial charge in [-0.2, -0.15) is 0 Å². The Hall–Kier alpha value is -3.47. The molecule has 0 aliphatic carbocycles. The standard InChI is InChI=1S/C22H19N3O2/c1-15-9-10-18(17-8-5-13-23-22(15)17)25-20(26)11-12-21-24-14-19(27-21)16-6-3-2-4-7-16/h2-10,13-14H,11-12H2,1H3,(H,25,26). The molecule has 5 nitrogen and oxygen atoms in total. The molecule has 2 heterocycles. The zero-order valence-electron chi connectivity index (χ0n) is 15.0. The molecule has 4 rings (SSSR count). The van der Waals surface area contributed by atoms with E-state index in [1.807, 2.05) is 61.5 Å². The predicted molar refractivity (Wildman–Crippen MR) is 105 cm³/mol. The van der Waals surface area contributed by atoms with Gasteiger partial charge in [0.1, 0.15) is 0 Å². The number of anilines is 1. The van der Waals surface area contributed by atoms with Crippen LogP contribution in [0.3, 0.4) is 0 Å². The van der Waals surface area contributed by atoms with E-state index < -0.39 is 0 Å². The fourth-order valence-corrected chi connectivity index (χ4v) is 3.02. The maximum absolute atomic E-state index is 12.4. The molecule has 0 saturated heterocycles. The van der Waals surface area contributed by atoms with Gasteiger partial charge in [-0.15, -0.1) is 0 Å². The molecule has 0 bridgehead atoms. The number of carbonyl (C=O) groups is 1. The average Bonchev–Trinajstić information content (AvgIpc) is 3.19. The molecule has 1 amide bonds. The third-order valence-corrected chi connectivity index (χ3v) is 4.42. The second kappa shape index (κ2) is 7.41. The molecule has 0 aliphatic rings. The minimum atomic E-state index is -0.0801. The summed E-state index contributed by atoms with van der Waals surface area (Å²) in [4.78, 5) is 21.1. The van der Waals surface area contributed by atoms with Crippen LogP contribution in [0.4, 0.5) is 5.69 Å². The van der Waals surface area contributed by atoms with E-state index >= 15 is 0 Å². The van der Waals surface area contributed by atoms with E-state index in [-0.39, 0.29) is 5.91 Å². The van der Waals surface area contributed by atoms with E-state index in [1.54, 1.807) is 12.4 Å². The van der Waals surface area contributed by atoms with Crippen LogP contribution in [0.1, 0.15) is 17.9 Å². The summed E-state index contributed by atoms with van der Waals surface area (Å²) in [5.74, 6) is 1.18. The van der Waals surface area contributed by atoms with Crippen LogP contribution >= 0.6 is 0 Å². The molecule has 0 aliphatic heterocycles. The summed E-state index contributed by atoms with van der Waals surface area (Å²) in [6.07, 6.45) is 4.20. The number of benzene rings is 2. The monoisotopic (exact) mass is 357 g/mol. The van der Waals surface area contributed by atoms with Crippen LogP contribution in [0.15, 0.2) is 71.4 Å². The van der Waals surface area contributed by atoms with Gasteiger partial charge in [-0.1, -0.05) is 36.4 Å². The summed E-state index contributed by atoms with van der Waals surface area (Å²) in [5, 5.41) is 3.91. The van der Waals surface area contributed by atoms with Crippen LogP contribution in [-0.2, 0) is 11.2 Å². The van der Waals surface area contributed by atoms with Gasteiger partial charge in [0.25, 0.3) is 0 Å². The van der Waals surface area contributed by atoms with Crippen molar-refractivity contribution < 1.29 is 9.21 Å². The SMILES string of the molecule is Cc1ccc(NC(=O)CCc2ncc(-c3ccccc3)o2)c2cccnc12. The maximum Gasteiger partial charge on any atom is 0.224 e.